The highest BCUT2D eigenvalue weighted by molar-refractivity contribution is 6.06. The molecule has 3 N–H and O–H groups in total. The van der Waals surface area contributed by atoms with Crippen molar-refractivity contribution in [2.24, 2.45) is 5.73 Å². The molecule has 2 saturated heterocycles. The van der Waals surface area contributed by atoms with Crippen LogP contribution in [0.2, 0.25) is 0 Å². The summed E-state index contributed by atoms with van der Waals surface area (Å²) in [6.07, 6.45) is 6.02. The van der Waals surface area contributed by atoms with Gasteiger partial charge in [-0.25, -0.2) is 4.98 Å². The van der Waals surface area contributed by atoms with Crippen LogP contribution >= 0.6 is 0 Å². The molecule has 2 fully saturated rings. The Labute approximate surface area is 217 Å². The molecule has 38 heavy (non-hydrogen) atoms. The molecule has 0 saturated carbocycles. The molecule has 0 spiro atoms. The zero-order valence-corrected chi connectivity index (χ0v) is 21.1. The van der Waals surface area contributed by atoms with E-state index in [1.807, 2.05) is 24.7 Å². The molecule has 5 rings (SSSR count). The number of carbonyl (C=O) groups excluding carboxylic acids is 2. The number of alkyl halides is 2. The number of aromatic nitrogens is 3. The van der Waals surface area contributed by atoms with Crippen LogP contribution in [0, 0.1) is 0 Å². The molecular formula is C26H29F2N5O5. The highest BCUT2D eigenvalue weighted by Crippen LogP contribution is 2.38. The van der Waals surface area contributed by atoms with Gasteiger partial charge in [0.05, 0.1) is 29.9 Å². The maximum Gasteiger partial charge on any atom is 0.326 e. The minimum Gasteiger partial charge on any atom is -0.490 e. The average molecular weight is 530 g/mol. The highest BCUT2D eigenvalue weighted by atomic mass is 19.3. The fraction of sp³-hybridized carbons (Fsp3) is 0.462. The molecule has 4 heterocycles. The second-order valence-corrected chi connectivity index (χ2v) is 9.84. The van der Waals surface area contributed by atoms with Crippen LogP contribution in [0.15, 0.2) is 30.7 Å². The first kappa shape index (κ1) is 25.8. The Balaban J connectivity index is 1.55. The summed E-state index contributed by atoms with van der Waals surface area (Å²) in [5.74, 6) is -5.02. The lowest BCUT2D eigenvalue weighted by atomic mass is 9.99. The number of carbonyl (C=O) groups is 2. The third-order valence-electron chi connectivity index (χ3n) is 6.65. The Kier molecular flexibility index (Phi) is 6.91. The molecule has 0 aliphatic carbocycles. The number of halogens is 2. The first-order valence-corrected chi connectivity index (χ1v) is 12.5. The monoisotopic (exact) mass is 529 g/mol. The minimum atomic E-state index is -3.44. The molecule has 12 heteroatoms. The van der Waals surface area contributed by atoms with Crippen LogP contribution in [0.25, 0.3) is 21.9 Å². The molecular weight excluding hydrogens is 500 g/mol. The molecule has 0 unspecified atom stereocenters. The van der Waals surface area contributed by atoms with Gasteiger partial charge in [0, 0.05) is 48.5 Å². The van der Waals surface area contributed by atoms with Crippen molar-refractivity contribution in [3.63, 3.8) is 0 Å². The number of nitrogens with zero attached hydrogens (tertiary/aromatic N) is 3. The number of hydrogen-bond donors (Lipinski definition) is 2. The smallest absolute Gasteiger partial charge is 0.326 e. The van der Waals surface area contributed by atoms with Crippen molar-refractivity contribution in [3.8, 4) is 22.8 Å². The standard InChI is InChI=1S/C26H29F2N5O5/c1-14(2)38-22-8-19-18(7-20(22)23(29)34)21(15-10-31-33(12-15)17-3-5-36-6-4-17)11-30-24(19)37-13-16-9-26(27,28)25(35)32-16/h7-8,10-12,14,16-17H,3-6,9,13H2,1-2H3,(H2,29,34)(H,32,35)/t16-/m0/s1. The largest absolute Gasteiger partial charge is 0.490 e. The van der Waals surface area contributed by atoms with Gasteiger partial charge >= 0.3 is 5.92 Å². The second kappa shape index (κ2) is 10.2. The number of pyridine rings is 1. The number of nitrogens with two attached hydrogens (primary N) is 1. The summed E-state index contributed by atoms with van der Waals surface area (Å²) in [6, 6.07) is 2.58. The van der Waals surface area contributed by atoms with E-state index in [9.17, 15) is 18.4 Å². The predicted octanol–water partition coefficient (Wildman–Crippen LogP) is 3.24. The molecule has 1 aromatic carbocycles. The molecule has 2 aliphatic rings. The van der Waals surface area contributed by atoms with E-state index < -0.39 is 30.2 Å². The van der Waals surface area contributed by atoms with Gasteiger partial charge in [-0.2, -0.15) is 13.9 Å². The van der Waals surface area contributed by atoms with Gasteiger partial charge in [0.2, 0.25) is 5.88 Å². The zero-order chi connectivity index (χ0) is 27.0. The maximum atomic E-state index is 13.7. The Morgan fingerprint density at radius 2 is 2.03 bits per heavy atom. The molecule has 202 valence electrons. The van der Waals surface area contributed by atoms with Crippen LogP contribution in [-0.4, -0.2) is 64.5 Å². The summed E-state index contributed by atoms with van der Waals surface area (Å²) < 4.78 is 46.4. The molecule has 3 aromatic rings. The Morgan fingerprint density at radius 1 is 1.26 bits per heavy atom. The summed E-state index contributed by atoms with van der Waals surface area (Å²) in [6.45, 7) is 4.76. The van der Waals surface area contributed by atoms with Crippen molar-refractivity contribution in [1.82, 2.24) is 20.1 Å². The van der Waals surface area contributed by atoms with Gasteiger partial charge in [0.15, 0.2) is 0 Å². The lowest BCUT2D eigenvalue weighted by Gasteiger charge is -2.22. The fourth-order valence-electron chi connectivity index (χ4n) is 4.78. The van der Waals surface area contributed by atoms with Crippen LogP contribution in [0.1, 0.15) is 49.5 Å². The van der Waals surface area contributed by atoms with Gasteiger partial charge in [-0.3, -0.25) is 14.3 Å². The van der Waals surface area contributed by atoms with E-state index >= 15 is 0 Å². The number of benzene rings is 1. The molecule has 2 amide bonds. The normalized spacial score (nSPS) is 19.6. The van der Waals surface area contributed by atoms with Gasteiger partial charge in [-0.15, -0.1) is 0 Å². The van der Waals surface area contributed by atoms with Gasteiger partial charge in [-0.1, -0.05) is 0 Å². The van der Waals surface area contributed by atoms with Crippen LogP contribution in [0.5, 0.6) is 11.6 Å². The van der Waals surface area contributed by atoms with E-state index in [4.69, 9.17) is 19.9 Å². The van der Waals surface area contributed by atoms with Crippen molar-refractivity contribution < 1.29 is 32.6 Å². The van der Waals surface area contributed by atoms with Crippen molar-refractivity contribution in [3.05, 3.63) is 36.3 Å². The summed E-state index contributed by atoms with van der Waals surface area (Å²) in [5, 5.41) is 7.89. The number of hydrogen-bond acceptors (Lipinski definition) is 7. The first-order valence-electron chi connectivity index (χ1n) is 12.5. The highest BCUT2D eigenvalue weighted by Gasteiger charge is 2.48. The van der Waals surface area contributed by atoms with Crippen molar-refractivity contribution in [2.75, 3.05) is 19.8 Å². The zero-order valence-electron chi connectivity index (χ0n) is 21.1. The fourth-order valence-corrected chi connectivity index (χ4v) is 4.78. The number of amides is 2. The van der Waals surface area contributed by atoms with Crippen LogP contribution in [0.3, 0.4) is 0 Å². The minimum absolute atomic E-state index is 0.148. The maximum absolute atomic E-state index is 13.7. The van der Waals surface area contributed by atoms with Crippen molar-refractivity contribution >= 4 is 22.6 Å². The predicted molar refractivity (Wildman–Crippen MR) is 133 cm³/mol. The lowest BCUT2D eigenvalue weighted by Crippen LogP contribution is -2.33. The van der Waals surface area contributed by atoms with E-state index in [1.165, 1.54) is 0 Å². The Bertz CT molecular complexity index is 1370. The van der Waals surface area contributed by atoms with Crippen molar-refractivity contribution in [1.29, 1.82) is 0 Å². The number of rotatable bonds is 8. The summed E-state index contributed by atoms with van der Waals surface area (Å²) in [5.41, 5.74) is 7.33. The summed E-state index contributed by atoms with van der Waals surface area (Å²) in [4.78, 5) is 28.3. The average Bonchev–Trinajstić information content (AvgIpc) is 3.46. The lowest BCUT2D eigenvalue weighted by molar-refractivity contribution is -0.139. The van der Waals surface area contributed by atoms with Gasteiger partial charge in [-0.05, 0) is 44.2 Å². The van der Waals surface area contributed by atoms with E-state index in [-0.39, 0.29) is 35.9 Å². The second-order valence-electron chi connectivity index (χ2n) is 9.84. The van der Waals surface area contributed by atoms with E-state index in [0.717, 1.165) is 18.4 Å². The SMILES string of the molecule is CC(C)Oc1cc2c(OC[C@@H]3CC(F)(F)C(=O)N3)ncc(-c3cnn(C4CCOCC4)c3)c2cc1C(N)=O. The first-order chi connectivity index (χ1) is 18.1. The van der Waals surface area contributed by atoms with Gasteiger partial charge < -0.3 is 25.3 Å². The summed E-state index contributed by atoms with van der Waals surface area (Å²) >= 11 is 0. The van der Waals surface area contributed by atoms with Gasteiger partial charge in [0.25, 0.3) is 11.8 Å². The number of nitrogens with one attached hydrogen (secondary N) is 1. The number of primary amides is 1. The van der Waals surface area contributed by atoms with Crippen LogP contribution < -0.4 is 20.5 Å². The van der Waals surface area contributed by atoms with E-state index in [2.05, 4.69) is 15.4 Å². The Hall–Kier alpha value is -3.80. The van der Waals surface area contributed by atoms with E-state index in [0.29, 0.717) is 29.5 Å². The molecule has 2 aliphatic heterocycles. The Morgan fingerprint density at radius 3 is 2.68 bits per heavy atom. The third-order valence-corrected chi connectivity index (χ3v) is 6.65. The van der Waals surface area contributed by atoms with Gasteiger partial charge in [0.1, 0.15) is 12.4 Å². The molecule has 1 atom stereocenters. The topological polar surface area (TPSA) is 131 Å². The number of fused-ring (bicyclic) bond motifs is 1. The molecule has 0 bridgehead atoms. The molecule has 2 aromatic heterocycles. The van der Waals surface area contributed by atoms with Crippen molar-refractivity contribution in [2.45, 2.75) is 57.2 Å². The quantitative estimate of drug-likeness (QED) is 0.458. The summed E-state index contributed by atoms with van der Waals surface area (Å²) in [7, 11) is 0. The molecule has 10 nitrogen and oxygen atoms in total. The van der Waals surface area contributed by atoms with E-state index in [1.54, 1.807) is 24.5 Å². The number of ether oxygens (including phenoxy) is 3. The van der Waals surface area contributed by atoms with Crippen LogP contribution in [0.4, 0.5) is 8.78 Å². The van der Waals surface area contributed by atoms with Crippen LogP contribution in [-0.2, 0) is 9.53 Å². The third kappa shape index (κ3) is 5.13. The molecule has 0 radical (unpaired) electrons.